The highest BCUT2D eigenvalue weighted by Crippen LogP contribution is 2.37. The van der Waals surface area contributed by atoms with Crippen LogP contribution in [0.5, 0.6) is 5.75 Å². The van der Waals surface area contributed by atoms with Crippen molar-refractivity contribution < 1.29 is 36.6 Å². The maximum absolute atomic E-state index is 11.5. The fourth-order valence-electron chi connectivity index (χ4n) is 2.23. The highest BCUT2D eigenvalue weighted by Gasteiger charge is 2.19. The zero-order valence-corrected chi connectivity index (χ0v) is 12.7. The number of aliphatic carboxylic acids is 1. The van der Waals surface area contributed by atoms with Gasteiger partial charge in [0, 0.05) is 25.8 Å². The highest BCUT2D eigenvalue weighted by molar-refractivity contribution is 5.85. The van der Waals surface area contributed by atoms with Crippen LogP contribution >= 0.6 is 0 Å². The van der Waals surface area contributed by atoms with Crippen molar-refractivity contribution in [1.82, 2.24) is 4.90 Å². The fourth-order valence-corrected chi connectivity index (χ4v) is 2.23. The van der Waals surface area contributed by atoms with Gasteiger partial charge in [-0.15, -0.1) is 0 Å². The summed E-state index contributed by atoms with van der Waals surface area (Å²) in [6.07, 6.45) is -4.81. The SMILES string of the molecule is [2H]/C(=C1\c2ccccc2C([2H])([2H])Oc2c([2H])c([2H])c(CC(=O)O)c([2H])c21)C([2H])([2H])C([2H])([2H])N(C([2H])([2H])[2H])C([2H])([2H])[2H]. The van der Waals surface area contributed by atoms with Gasteiger partial charge in [-0.25, -0.2) is 0 Å². The molecule has 0 saturated carbocycles. The lowest BCUT2D eigenvalue weighted by molar-refractivity contribution is -0.136. The summed E-state index contributed by atoms with van der Waals surface area (Å²) in [5, 5.41) is 9.34. The van der Waals surface area contributed by atoms with Crippen LogP contribution < -0.4 is 4.74 Å². The van der Waals surface area contributed by atoms with Gasteiger partial charge >= 0.3 is 5.97 Å². The van der Waals surface area contributed by atoms with E-state index >= 15 is 0 Å². The number of rotatable bonds is 5. The first-order valence-corrected chi connectivity index (χ1v) is 7.04. The Hall–Kier alpha value is -2.59. The largest absolute Gasteiger partial charge is 0.488 e. The fraction of sp³-hybridized carbons (Fsp3) is 0.286. The molecule has 25 heavy (non-hydrogen) atoms. The second-order valence-corrected chi connectivity index (χ2v) is 4.95. The Morgan fingerprint density at radius 1 is 1.48 bits per heavy atom. The third kappa shape index (κ3) is 4.09. The van der Waals surface area contributed by atoms with Gasteiger partial charge in [0.05, 0.1) is 14.6 Å². The normalized spacial score (nSPS) is 28.5. The smallest absolute Gasteiger partial charge is 0.307 e. The van der Waals surface area contributed by atoms with E-state index in [1.807, 2.05) is 0 Å². The molecule has 0 unspecified atom stereocenters. The Morgan fingerprint density at radius 2 is 2.32 bits per heavy atom. The van der Waals surface area contributed by atoms with E-state index in [0.717, 1.165) is 12.1 Å². The average Bonchev–Trinajstić information content (AvgIpc) is 2.89. The van der Waals surface area contributed by atoms with Gasteiger partial charge in [0.15, 0.2) is 0 Å². The Kier molecular flexibility index (Phi) is 1.90. The van der Waals surface area contributed by atoms with Gasteiger partial charge in [0.25, 0.3) is 0 Å². The zero-order valence-electron chi connectivity index (χ0n) is 28.7. The quantitative estimate of drug-likeness (QED) is 0.892. The minimum atomic E-state index is -3.97. The summed E-state index contributed by atoms with van der Waals surface area (Å²) in [6, 6.07) is 0.909. The van der Waals surface area contributed by atoms with Gasteiger partial charge < -0.3 is 14.7 Å². The van der Waals surface area contributed by atoms with Crippen molar-refractivity contribution in [1.29, 1.82) is 0 Å². The predicted octanol–water partition coefficient (Wildman–Crippen LogP) is 3.59. The van der Waals surface area contributed by atoms with Gasteiger partial charge in [0.1, 0.15) is 12.3 Å². The molecule has 0 aliphatic carbocycles. The topological polar surface area (TPSA) is 49.8 Å². The monoisotopic (exact) mass is 353 g/mol. The van der Waals surface area contributed by atoms with E-state index in [4.69, 9.17) is 26.7 Å². The van der Waals surface area contributed by atoms with Crippen molar-refractivity contribution >= 4 is 11.5 Å². The summed E-state index contributed by atoms with van der Waals surface area (Å²) in [5.41, 5.74) is -2.84. The average molecular weight is 354 g/mol. The number of nitrogens with zero attached hydrogens (tertiary/aromatic N) is 1. The molecule has 0 amide bonds. The number of carbonyl (C=O) groups is 1. The molecule has 1 aliphatic rings. The van der Waals surface area contributed by atoms with Crippen LogP contribution in [0.15, 0.2) is 48.4 Å². The molecule has 3 rings (SSSR count). The van der Waals surface area contributed by atoms with Crippen LogP contribution in [0.2, 0.25) is 0 Å². The molecule has 4 heteroatoms. The number of benzene rings is 2. The van der Waals surface area contributed by atoms with Gasteiger partial charge in [0.2, 0.25) is 0 Å². The second kappa shape index (κ2) is 7.53. The molecule has 0 bridgehead atoms. The number of hydrogen-bond donors (Lipinski definition) is 1. The first-order chi connectivity index (χ1) is 18.4. The third-order valence-electron chi connectivity index (χ3n) is 3.22. The molecule has 2 aromatic carbocycles. The molecule has 2 aromatic rings. The molecular formula is C21H23NO3. The molecule has 0 spiro atoms. The number of hydrogen-bond acceptors (Lipinski definition) is 3. The number of ether oxygens (including phenoxy) is 1. The third-order valence-corrected chi connectivity index (χ3v) is 3.22. The lowest BCUT2D eigenvalue weighted by Gasteiger charge is -2.13. The first kappa shape index (κ1) is 6.29. The molecule has 1 aliphatic heterocycles. The van der Waals surface area contributed by atoms with Crippen molar-refractivity contribution in [3.63, 3.8) is 0 Å². The summed E-state index contributed by atoms with van der Waals surface area (Å²) < 4.78 is 136. The maximum Gasteiger partial charge on any atom is 0.307 e. The molecular weight excluding hydrogens is 314 g/mol. The maximum atomic E-state index is 11.5. The predicted molar refractivity (Wildman–Crippen MR) is 98.8 cm³/mol. The summed E-state index contributed by atoms with van der Waals surface area (Å²) in [7, 11) is 0. The first-order valence-electron chi connectivity index (χ1n) is 15.0. The number of carboxylic acids is 1. The Morgan fingerprint density at radius 3 is 3.12 bits per heavy atom. The molecule has 0 atom stereocenters. The van der Waals surface area contributed by atoms with Gasteiger partial charge in [-0.3, -0.25) is 4.79 Å². The van der Waals surface area contributed by atoms with Crippen LogP contribution in [0.1, 0.15) is 50.6 Å². The van der Waals surface area contributed by atoms with Gasteiger partial charge in [-0.2, -0.15) is 0 Å². The molecule has 0 fully saturated rings. The zero-order chi connectivity index (χ0) is 31.7. The molecule has 130 valence electrons. The minimum Gasteiger partial charge on any atom is -0.488 e. The van der Waals surface area contributed by atoms with Crippen molar-refractivity contribution in [2.75, 3.05) is 20.4 Å². The van der Waals surface area contributed by atoms with Crippen molar-refractivity contribution in [2.45, 2.75) is 19.4 Å². The van der Waals surface area contributed by atoms with Gasteiger partial charge in [-0.05, 0) is 54.7 Å². The molecule has 1 N–H and O–H groups in total. The Bertz CT molecular complexity index is 1410. The minimum absolute atomic E-state index is 0.359. The van der Waals surface area contributed by atoms with Crippen molar-refractivity contribution in [2.24, 2.45) is 0 Å². The van der Waals surface area contributed by atoms with Crippen LogP contribution in [0.25, 0.3) is 5.57 Å². The van der Waals surface area contributed by atoms with Crippen LogP contribution in [0.4, 0.5) is 0 Å². The van der Waals surface area contributed by atoms with E-state index in [-0.39, 0.29) is 11.1 Å². The van der Waals surface area contributed by atoms with Crippen LogP contribution in [-0.4, -0.2) is 36.4 Å². The van der Waals surface area contributed by atoms with Crippen LogP contribution in [-0.2, 0) is 17.8 Å². The lowest BCUT2D eigenvalue weighted by Crippen LogP contribution is -2.12. The molecule has 1 heterocycles. The molecule has 0 saturated heterocycles. The number of carboxylic acid groups (broad SMARTS) is 1. The Balaban J connectivity index is 2.59. The summed E-state index contributed by atoms with van der Waals surface area (Å²) >= 11 is 0. The van der Waals surface area contributed by atoms with E-state index in [0.29, 0.717) is 0 Å². The van der Waals surface area contributed by atoms with Crippen LogP contribution in [0.3, 0.4) is 0 Å². The van der Waals surface area contributed by atoms with E-state index in [2.05, 4.69) is 0 Å². The number of fused-ring (bicyclic) bond motifs is 2. The van der Waals surface area contributed by atoms with Gasteiger partial charge in [-0.1, -0.05) is 36.4 Å². The summed E-state index contributed by atoms with van der Waals surface area (Å²) in [5.74, 6) is -2.37. The van der Waals surface area contributed by atoms with Crippen molar-refractivity contribution in [3.05, 3.63) is 70.7 Å². The Labute approximate surface area is 170 Å². The second-order valence-electron chi connectivity index (χ2n) is 4.95. The highest BCUT2D eigenvalue weighted by atomic mass is 16.5. The van der Waals surface area contributed by atoms with Crippen LogP contribution in [0, 0.1) is 0 Å². The molecule has 0 radical (unpaired) electrons. The summed E-state index contributed by atoms with van der Waals surface area (Å²) in [4.78, 5) is 10.8. The molecule has 0 aromatic heterocycles. The molecule has 4 nitrogen and oxygen atoms in total. The van der Waals surface area contributed by atoms with E-state index in [1.54, 1.807) is 0 Å². The van der Waals surface area contributed by atoms with E-state index < -0.39 is 97.3 Å². The standard InChI is InChI=1S/C21H23NO3/c1-22(2)11-5-8-18-17-7-4-3-6-16(17)14-25-20-10-9-15(12-19(18)20)13-21(23)24/h3-4,6-10,12H,5,11,13-14H2,1-2H3,(H,23,24)/b18-8-/i1D3,2D3,5D2,8D,9D,10D,11D2,12D,14D2. The van der Waals surface area contributed by atoms with E-state index in [1.165, 1.54) is 12.1 Å². The van der Waals surface area contributed by atoms with Crippen molar-refractivity contribution in [3.8, 4) is 5.75 Å². The lowest BCUT2D eigenvalue weighted by atomic mass is 9.92. The van der Waals surface area contributed by atoms with E-state index in [9.17, 15) is 9.90 Å². The summed E-state index contributed by atoms with van der Waals surface area (Å²) in [6.45, 7) is -14.3.